The highest BCUT2D eigenvalue weighted by Gasteiger charge is 2.34. The summed E-state index contributed by atoms with van der Waals surface area (Å²) in [7, 11) is 0. The molecule has 0 fully saturated rings. The molecule has 1 aliphatic heterocycles. The zero-order valence-electron chi connectivity index (χ0n) is 12.0. The van der Waals surface area contributed by atoms with E-state index in [9.17, 15) is 10.1 Å². The molecule has 0 spiro atoms. The highest BCUT2D eigenvalue weighted by molar-refractivity contribution is 5.94. The SMILES string of the molecule is CC(C)OC(=O)C1=CN=C(OC(C)C)C(C#N)C1C. The van der Waals surface area contributed by atoms with Crippen molar-refractivity contribution in [3.05, 3.63) is 11.8 Å². The number of aliphatic imine (C=N–C) groups is 1. The van der Waals surface area contributed by atoms with Crippen LogP contribution in [0.4, 0.5) is 0 Å². The van der Waals surface area contributed by atoms with Crippen molar-refractivity contribution in [1.82, 2.24) is 0 Å². The van der Waals surface area contributed by atoms with E-state index in [1.807, 2.05) is 13.8 Å². The fraction of sp³-hybridized carbons (Fsp3) is 0.643. The lowest BCUT2D eigenvalue weighted by molar-refractivity contribution is -0.143. The van der Waals surface area contributed by atoms with Gasteiger partial charge in [-0.05, 0) is 27.7 Å². The standard InChI is InChI=1S/C14H20N2O3/c1-8(2)18-13-11(6-15)10(5)12(7-16-13)14(17)19-9(3)4/h7-11H,1-5H3. The molecule has 5 nitrogen and oxygen atoms in total. The minimum Gasteiger partial charge on any atom is -0.477 e. The Kier molecular flexibility index (Phi) is 5.11. The maximum atomic E-state index is 11.9. The molecule has 1 heterocycles. The number of nitrogens with zero attached hydrogens (tertiary/aromatic N) is 2. The summed E-state index contributed by atoms with van der Waals surface area (Å²) < 4.78 is 10.6. The second-order valence-electron chi connectivity index (χ2n) is 5.07. The lowest BCUT2D eigenvalue weighted by atomic mass is 9.86. The summed E-state index contributed by atoms with van der Waals surface area (Å²) in [5.74, 6) is -0.897. The molecule has 0 amide bonds. The van der Waals surface area contributed by atoms with Gasteiger partial charge < -0.3 is 9.47 Å². The molecule has 2 atom stereocenters. The number of hydrogen-bond acceptors (Lipinski definition) is 5. The van der Waals surface area contributed by atoms with Gasteiger partial charge in [-0.15, -0.1) is 0 Å². The van der Waals surface area contributed by atoms with Gasteiger partial charge in [0.05, 0.1) is 23.9 Å². The van der Waals surface area contributed by atoms with Crippen molar-refractivity contribution < 1.29 is 14.3 Å². The Morgan fingerprint density at radius 1 is 1.37 bits per heavy atom. The topological polar surface area (TPSA) is 71.7 Å². The third-order valence-corrected chi connectivity index (χ3v) is 2.66. The van der Waals surface area contributed by atoms with Crippen LogP contribution in [0.2, 0.25) is 0 Å². The molecule has 0 aliphatic carbocycles. The first kappa shape index (κ1) is 15.2. The maximum Gasteiger partial charge on any atom is 0.336 e. The summed E-state index contributed by atoms with van der Waals surface area (Å²) in [6, 6.07) is 2.14. The Balaban J connectivity index is 2.97. The largest absolute Gasteiger partial charge is 0.477 e. The Labute approximate surface area is 113 Å². The van der Waals surface area contributed by atoms with E-state index in [0.29, 0.717) is 11.5 Å². The third-order valence-electron chi connectivity index (χ3n) is 2.66. The van der Waals surface area contributed by atoms with Gasteiger partial charge in [-0.2, -0.15) is 5.26 Å². The summed E-state index contributed by atoms with van der Waals surface area (Å²) in [4.78, 5) is 16.0. The van der Waals surface area contributed by atoms with E-state index in [2.05, 4.69) is 11.1 Å². The fourth-order valence-corrected chi connectivity index (χ4v) is 1.76. The van der Waals surface area contributed by atoms with Crippen LogP contribution in [0.25, 0.3) is 0 Å². The zero-order chi connectivity index (χ0) is 14.6. The number of carbonyl (C=O) groups is 1. The van der Waals surface area contributed by atoms with Gasteiger partial charge in [-0.1, -0.05) is 6.92 Å². The Morgan fingerprint density at radius 3 is 2.47 bits per heavy atom. The highest BCUT2D eigenvalue weighted by atomic mass is 16.5. The summed E-state index contributed by atoms with van der Waals surface area (Å²) in [5, 5.41) is 9.24. The molecule has 0 N–H and O–H groups in total. The molecule has 104 valence electrons. The van der Waals surface area contributed by atoms with E-state index in [4.69, 9.17) is 9.47 Å². The van der Waals surface area contributed by atoms with E-state index in [-0.39, 0.29) is 18.1 Å². The van der Waals surface area contributed by atoms with Crippen molar-refractivity contribution in [2.75, 3.05) is 0 Å². The fourth-order valence-electron chi connectivity index (χ4n) is 1.76. The number of esters is 1. The molecular weight excluding hydrogens is 244 g/mol. The molecule has 5 heteroatoms. The van der Waals surface area contributed by atoms with Gasteiger partial charge in [0.1, 0.15) is 5.92 Å². The van der Waals surface area contributed by atoms with Crippen molar-refractivity contribution >= 4 is 11.9 Å². The lowest BCUT2D eigenvalue weighted by Crippen LogP contribution is -2.32. The molecule has 0 radical (unpaired) electrons. The van der Waals surface area contributed by atoms with Crippen LogP contribution in [0, 0.1) is 23.2 Å². The van der Waals surface area contributed by atoms with Crippen LogP contribution in [-0.2, 0) is 14.3 Å². The minimum atomic E-state index is -0.554. The number of hydrogen-bond donors (Lipinski definition) is 0. The molecule has 1 aliphatic rings. The molecule has 0 aromatic heterocycles. The predicted octanol–water partition coefficient (Wildman–Crippen LogP) is 2.43. The van der Waals surface area contributed by atoms with Crippen LogP contribution in [0.3, 0.4) is 0 Å². The van der Waals surface area contributed by atoms with Crippen LogP contribution in [0.1, 0.15) is 34.6 Å². The smallest absolute Gasteiger partial charge is 0.336 e. The number of ether oxygens (including phenoxy) is 2. The Bertz CT molecular complexity index is 444. The first-order valence-electron chi connectivity index (χ1n) is 6.41. The zero-order valence-corrected chi connectivity index (χ0v) is 12.0. The minimum absolute atomic E-state index is 0.0561. The normalized spacial score (nSPS) is 22.6. The van der Waals surface area contributed by atoms with Gasteiger partial charge in [-0.3, -0.25) is 0 Å². The summed E-state index contributed by atoms with van der Waals surface area (Å²) in [6.45, 7) is 9.11. The van der Waals surface area contributed by atoms with E-state index in [1.165, 1.54) is 6.20 Å². The van der Waals surface area contributed by atoms with Crippen LogP contribution in [0.15, 0.2) is 16.8 Å². The third kappa shape index (κ3) is 3.82. The molecule has 1 rings (SSSR count). The van der Waals surface area contributed by atoms with Crippen molar-refractivity contribution in [3.63, 3.8) is 0 Å². The Morgan fingerprint density at radius 2 is 2.00 bits per heavy atom. The first-order chi connectivity index (χ1) is 8.86. The molecule has 0 aromatic carbocycles. The molecule has 2 unspecified atom stereocenters. The highest BCUT2D eigenvalue weighted by Crippen LogP contribution is 2.28. The summed E-state index contributed by atoms with van der Waals surface area (Å²) in [6.07, 6.45) is 1.19. The van der Waals surface area contributed by atoms with Crippen molar-refractivity contribution in [1.29, 1.82) is 5.26 Å². The number of carbonyl (C=O) groups excluding carboxylic acids is 1. The van der Waals surface area contributed by atoms with Gasteiger partial charge in [0.2, 0.25) is 5.90 Å². The maximum absolute atomic E-state index is 11.9. The molecule has 0 bridgehead atoms. The molecule has 0 saturated carbocycles. The van der Waals surface area contributed by atoms with Gasteiger partial charge in [-0.25, -0.2) is 9.79 Å². The molecule has 0 aromatic rings. The van der Waals surface area contributed by atoms with Crippen molar-refractivity contribution in [2.24, 2.45) is 16.8 Å². The van der Waals surface area contributed by atoms with Gasteiger partial charge >= 0.3 is 5.97 Å². The van der Waals surface area contributed by atoms with Crippen LogP contribution in [-0.4, -0.2) is 24.1 Å². The molecule has 19 heavy (non-hydrogen) atoms. The van der Waals surface area contributed by atoms with Crippen LogP contribution in [0.5, 0.6) is 0 Å². The van der Waals surface area contributed by atoms with E-state index in [0.717, 1.165) is 0 Å². The van der Waals surface area contributed by atoms with Crippen LogP contribution < -0.4 is 0 Å². The Hall–Kier alpha value is -1.83. The molecular formula is C14H20N2O3. The number of nitriles is 1. The first-order valence-corrected chi connectivity index (χ1v) is 6.41. The van der Waals surface area contributed by atoms with Gasteiger partial charge in [0.15, 0.2) is 0 Å². The molecule has 0 saturated heterocycles. The van der Waals surface area contributed by atoms with Crippen LogP contribution >= 0.6 is 0 Å². The quantitative estimate of drug-likeness (QED) is 0.734. The average molecular weight is 264 g/mol. The number of rotatable bonds is 3. The summed E-state index contributed by atoms with van der Waals surface area (Å²) >= 11 is 0. The van der Waals surface area contributed by atoms with Crippen molar-refractivity contribution in [2.45, 2.75) is 46.8 Å². The summed E-state index contributed by atoms with van der Waals surface area (Å²) in [5.41, 5.74) is 0.413. The lowest BCUT2D eigenvalue weighted by Gasteiger charge is -2.25. The van der Waals surface area contributed by atoms with Gasteiger partial charge in [0, 0.05) is 12.1 Å². The van der Waals surface area contributed by atoms with Crippen molar-refractivity contribution in [3.8, 4) is 6.07 Å². The second-order valence-corrected chi connectivity index (χ2v) is 5.07. The van der Waals surface area contributed by atoms with Gasteiger partial charge in [0.25, 0.3) is 0 Å². The van der Waals surface area contributed by atoms with E-state index >= 15 is 0 Å². The predicted molar refractivity (Wildman–Crippen MR) is 71.2 cm³/mol. The van der Waals surface area contributed by atoms with E-state index in [1.54, 1.807) is 20.8 Å². The average Bonchev–Trinajstić information content (AvgIpc) is 2.27. The monoisotopic (exact) mass is 264 g/mol. The van der Waals surface area contributed by atoms with E-state index < -0.39 is 11.9 Å². The second kappa shape index (κ2) is 6.37.